The molecule has 3 nitrogen and oxygen atoms in total. The van der Waals surface area contributed by atoms with Crippen molar-refractivity contribution in [3.05, 3.63) is 24.0 Å². The van der Waals surface area contributed by atoms with E-state index in [1.165, 1.54) is 69.3 Å². The van der Waals surface area contributed by atoms with E-state index < -0.39 is 0 Å². The maximum Gasteiger partial charge on any atom is 0.0562 e. The molecule has 2 aliphatic carbocycles. The predicted molar refractivity (Wildman–Crippen MR) is 86.4 cm³/mol. The lowest BCUT2D eigenvalue weighted by Gasteiger charge is -2.45. The number of hydrogen-bond acceptors (Lipinski definition) is 3. The topological polar surface area (TPSA) is 28.2 Å². The van der Waals surface area contributed by atoms with Crippen molar-refractivity contribution in [2.75, 3.05) is 11.4 Å². The fourth-order valence-corrected chi connectivity index (χ4v) is 4.22. The van der Waals surface area contributed by atoms with Crippen LogP contribution >= 0.6 is 0 Å². The summed E-state index contributed by atoms with van der Waals surface area (Å²) >= 11 is 0. The van der Waals surface area contributed by atoms with Crippen molar-refractivity contribution in [1.29, 1.82) is 0 Å². The summed E-state index contributed by atoms with van der Waals surface area (Å²) in [6.07, 6.45) is 13.2. The molecule has 2 atom stereocenters. The lowest BCUT2D eigenvalue weighted by molar-refractivity contribution is 0.244. The molecule has 1 N–H and O–H groups in total. The molecule has 0 radical (unpaired) electrons. The molecular weight excluding hydrogens is 258 g/mol. The van der Waals surface area contributed by atoms with Crippen LogP contribution in [0, 0.1) is 5.92 Å². The lowest BCUT2D eigenvalue weighted by Crippen LogP contribution is -2.47. The van der Waals surface area contributed by atoms with E-state index in [0.29, 0.717) is 0 Å². The van der Waals surface area contributed by atoms with Crippen molar-refractivity contribution in [1.82, 2.24) is 10.3 Å². The van der Waals surface area contributed by atoms with Gasteiger partial charge in [0.1, 0.15) is 0 Å². The molecule has 3 heteroatoms. The van der Waals surface area contributed by atoms with Gasteiger partial charge in [-0.15, -0.1) is 0 Å². The normalized spacial score (nSPS) is 29.2. The van der Waals surface area contributed by atoms with Crippen molar-refractivity contribution < 1.29 is 0 Å². The van der Waals surface area contributed by atoms with Gasteiger partial charge in [0.05, 0.1) is 5.69 Å². The zero-order valence-corrected chi connectivity index (χ0v) is 12.9. The average Bonchev–Trinajstić information content (AvgIpc) is 3.37. The number of nitrogens with one attached hydrogen (secondary N) is 1. The second-order valence-corrected chi connectivity index (χ2v) is 7.11. The molecule has 21 heavy (non-hydrogen) atoms. The standard InChI is InChI=1S/C18H27N3/c1-2-6-18-14(4-1)5-3-11-21(18)17-9-10-19-16(12-17)13-20-15-7-8-15/h9-10,12,14-15,18,20H,1-8,11,13H2. The van der Waals surface area contributed by atoms with E-state index in [-0.39, 0.29) is 0 Å². The number of nitrogens with zero attached hydrogens (tertiary/aromatic N) is 2. The number of piperidine rings is 1. The monoisotopic (exact) mass is 285 g/mol. The molecule has 2 unspecified atom stereocenters. The minimum absolute atomic E-state index is 0.758. The van der Waals surface area contributed by atoms with Gasteiger partial charge in [-0.3, -0.25) is 4.98 Å². The van der Waals surface area contributed by atoms with Gasteiger partial charge in [-0.05, 0) is 56.6 Å². The van der Waals surface area contributed by atoms with Crippen LogP contribution in [0.4, 0.5) is 5.69 Å². The van der Waals surface area contributed by atoms with Crippen molar-refractivity contribution in [2.24, 2.45) is 5.92 Å². The van der Waals surface area contributed by atoms with Crippen LogP contribution in [0.3, 0.4) is 0 Å². The van der Waals surface area contributed by atoms with Crippen LogP contribution in [-0.4, -0.2) is 23.6 Å². The molecule has 4 rings (SSSR count). The van der Waals surface area contributed by atoms with Gasteiger partial charge in [-0.2, -0.15) is 0 Å². The molecule has 1 saturated heterocycles. The van der Waals surface area contributed by atoms with Gasteiger partial charge in [0.2, 0.25) is 0 Å². The Hall–Kier alpha value is -1.09. The molecule has 1 aromatic heterocycles. The van der Waals surface area contributed by atoms with E-state index in [2.05, 4.69) is 27.3 Å². The van der Waals surface area contributed by atoms with Crippen LogP contribution < -0.4 is 10.2 Å². The molecule has 1 aliphatic heterocycles. The fraction of sp³-hybridized carbons (Fsp3) is 0.722. The first-order chi connectivity index (χ1) is 10.4. The van der Waals surface area contributed by atoms with Gasteiger partial charge >= 0.3 is 0 Å². The van der Waals surface area contributed by atoms with E-state index in [1.54, 1.807) is 0 Å². The SMILES string of the molecule is c1cc(N2CCCC3CCCCC32)cc(CNC2CC2)n1. The molecule has 2 heterocycles. The third-order valence-corrected chi connectivity index (χ3v) is 5.52. The molecule has 0 bridgehead atoms. The van der Waals surface area contributed by atoms with Crippen LogP contribution in [0.15, 0.2) is 18.3 Å². The highest BCUT2D eigenvalue weighted by Gasteiger charge is 2.33. The first kappa shape index (κ1) is 13.6. The van der Waals surface area contributed by atoms with Crippen molar-refractivity contribution >= 4 is 5.69 Å². The number of fused-ring (bicyclic) bond motifs is 1. The Labute approximate surface area is 128 Å². The Kier molecular flexibility index (Phi) is 3.85. The highest BCUT2D eigenvalue weighted by atomic mass is 15.2. The van der Waals surface area contributed by atoms with Crippen molar-refractivity contribution in [2.45, 2.75) is 70.0 Å². The Morgan fingerprint density at radius 2 is 1.95 bits per heavy atom. The third kappa shape index (κ3) is 3.08. The van der Waals surface area contributed by atoms with Crippen LogP contribution in [0.2, 0.25) is 0 Å². The number of aromatic nitrogens is 1. The maximum absolute atomic E-state index is 4.55. The number of anilines is 1. The average molecular weight is 285 g/mol. The highest BCUT2D eigenvalue weighted by molar-refractivity contribution is 5.48. The molecule has 2 saturated carbocycles. The van der Waals surface area contributed by atoms with Gasteiger partial charge in [-0.25, -0.2) is 0 Å². The first-order valence-electron chi connectivity index (χ1n) is 8.85. The molecule has 1 aromatic rings. The minimum atomic E-state index is 0.758. The molecule has 0 spiro atoms. The quantitative estimate of drug-likeness (QED) is 0.918. The van der Waals surface area contributed by atoms with Crippen LogP contribution in [0.1, 0.15) is 57.1 Å². The van der Waals surface area contributed by atoms with Gasteiger partial charge in [0.25, 0.3) is 0 Å². The van der Waals surface area contributed by atoms with E-state index in [1.807, 2.05) is 6.20 Å². The maximum atomic E-state index is 4.55. The van der Waals surface area contributed by atoms with E-state index >= 15 is 0 Å². The molecule has 3 fully saturated rings. The van der Waals surface area contributed by atoms with Gasteiger partial charge < -0.3 is 10.2 Å². The predicted octanol–water partition coefficient (Wildman–Crippen LogP) is 3.49. The highest BCUT2D eigenvalue weighted by Crippen LogP contribution is 2.37. The zero-order chi connectivity index (χ0) is 14.1. The summed E-state index contributed by atoms with van der Waals surface area (Å²) in [6.45, 7) is 2.17. The summed E-state index contributed by atoms with van der Waals surface area (Å²) in [5.74, 6) is 0.939. The van der Waals surface area contributed by atoms with E-state index in [4.69, 9.17) is 0 Å². The zero-order valence-electron chi connectivity index (χ0n) is 12.9. The number of pyridine rings is 1. The largest absolute Gasteiger partial charge is 0.368 e. The third-order valence-electron chi connectivity index (χ3n) is 5.52. The minimum Gasteiger partial charge on any atom is -0.368 e. The molecule has 0 amide bonds. The van der Waals surface area contributed by atoms with Crippen LogP contribution in [0.25, 0.3) is 0 Å². The number of rotatable bonds is 4. The van der Waals surface area contributed by atoms with E-state index in [9.17, 15) is 0 Å². The van der Waals surface area contributed by atoms with E-state index in [0.717, 1.165) is 24.5 Å². The Balaban J connectivity index is 1.49. The van der Waals surface area contributed by atoms with Gasteiger partial charge in [0.15, 0.2) is 0 Å². The smallest absolute Gasteiger partial charge is 0.0562 e. The summed E-state index contributed by atoms with van der Waals surface area (Å²) in [6, 6.07) is 6.09. The molecule has 3 aliphatic rings. The number of hydrogen-bond donors (Lipinski definition) is 1. The summed E-state index contributed by atoms with van der Waals surface area (Å²) in [4.78, 5) is 7.24. The fourth-order valence-electron chi connectivity index (χ4n) is 4.22. The summed E-state index contributed by atoms with van der Waals surface area (Å²) < 4.78 is 0. The lowest BCUT2D eigenvalue weighted by atomic mass is 9.78. The molecule has 114 valence electrons. The van der Waals surface area contributed by atoms with Crippen molar-refractivity contribution in [3.63, 3.8) is 0 Å². The van der Waals surface area contributed by atoms with Gasteiger partial charge in [-0.1, -0.05) is 12.8 Å². The first-order valence-corrected chi connectivity index (χ1v) is 8.85. The summed E-state index contributed by atoms with van der Waals surface area (Å²) in [7, 11) is 0. The summed E-state index contributed by atoms with van der Waals surface area (Å²) in [5.41, 5.74) is 2.62. The van der Waals surface area contributed by atoms with Crippen LogP contribution in [-0.2, 0) is 6.54 Å². The molecular formula is C18H27N3. The Morgan fingerprint density at radius 3 is 2.86 bits per heavy atom. The molecule has 0 aromatic carbocycles. The Morgan fingerprint density at radius 1 is 1.10 bits per heavy atom. The second-order valence-electron chi connectivity index (χ2n) is 7.11. The Bertz CT molecular complexity index is 481. The summed E-state index contributed by atoms with van der Waals surface area (Å²) in [5, 5.41) is 3.58. The van der Waals surface area contributed by atoms with Gasteiger partial charge in [0, 0.05) is 37.1 Å². The second kappa shape index (κ2) is 5.96. The van der Waals surface area contributed by atoms with Crippen molar-refractivity contribution in [3.8, 4) is 0 Å². The van der Waals surface area contributed by atoms with Crippen LogP contribution in [0.5, 0.6) is 0 Å².